The molecular formula is C18H20O2. The molecule has 0 amide bonds. The Balaban J connectivity index is 2.15. The molecule has 0 radical (unpaired) electrons. The van der Waals surface area contributed by atoms with Crippen LogP contribution < -0.4 is 4.74 Å². The Hall–Kier alpha value is -2.09. The van der Waals surface area contributed by atoms with Crippen molar-refractivity contribution >= 4 is 5.78 Å². The third kappa shape index (κ3) is 3.47. The standard InChI is InChI=1S/C18H20O2/c1-4-13(2)20-18-11-9-17(10-12-18)16-7-5-15(6-8-16)14(3)19/h5-13H,4H2,1-3H3. The van der Waals surface area contributed by atoms with Gasteiger partial charge in [0.15, 0.2) is 5.78 Å². The van der Waals surface area contributed by atoms with Crippen molar-refractivity contribution in [1.29, 1.82) is 0 Å². The molecule has 0 aliphatic heterocycles. The van der Waals surface area contributed by atoms with E-state index in [4.69, 9.17) is 4.74 Å². The molecule has 104 valence electrons. The van der Waals surface area contributed by atoms with Crippen molar-refractivity contribution in [3.8, 4) is 16.9 Å². The summed E-state index contributed by atoms with van der Waals surface area (Å²) >= 11 is 0. The number of ketones is 1. The summed E-state index contributed by atoms with van der Waals surface area (Å²) in [6, 6.07) is 15.7. The molecule has 2 nitrogen and oxygen atoms in total. The van der Waals surface area contributed by atoms with Crippen molar-refractivity contribution in [1.82, 2.24) is 0 Å². The molecule has 0 heterocycles. The maximum atomic E-state index is 11.3. The molecule has 2 aromatic carbocycles. The van der Waals surface area contributed by atoms with E-state index in [0.29, 0.717) is 0 Å². The van der Waals surface area contributed by atoms with E-state index in [0.717, 1.165) is 28.9 Å². The number of hydrogen-bond acceptors (Lipinski definition) is 2. The minimum Gasteiger partial charge on any atom is -0.491 e. The first-order chi connectivity index (χ1) is 9.60. The van der Waals surface area contributed by atoms with Crippen LogP contribution in [0, 0.1) is 0 Å². The molecule has 2 rings (SSSR count). The second-order valence-corrected chi connectivity index (χ2v) is 4.99. The third-order valence-electron chi connectivity index (χ3n) is 3.39. The fourth-order valence-electron chi connectivity index (χ4n) is 1.94. The predicted octanol–water partition coefficient (Wildman–Crippen LogP) is 4.73. The van der Waals surface area contributed by atoms with Crippen LogP contribution in [0.3, 0.4) is 0 Å². The Morgan fingerprint density at radius 1 is 1.00 bits per heavy atom. The molecule has 0 aliphatic rings. The Bertz CT molecular complexity index is 567. The largest absolute Gasteiger partial charge is 0.491 e. The van der Waals surface area contributed by atoms with Gasteiger partial charge in [0.1, 0.15) is 5.75 Å². The van der Waals surface area contributed by atoms with Gasteiger partial charge in [-0.2, -0.15) is 0 Å². The Labute approximate surface area is 120 Å². The van der Waals surface area contributed by atoms with Crippen molar-refractivity contribution in [2.75, 3.05) is 0 Å². The number of rotatable bonds is 5. The van der Waals surface area contributed by atoms with Crippen LogP contribution in [0.5, 0.6) is 5.75 Å². The van der Waals surface area contributed by atoms with Crippen molar-refractivity contribution in [2.24, 2.45) is 0 Å². The van der Waals surface area contributed by atoms with Gasteiger partial charge in [-0.25, -0.2) is 0 Å². The van der Waals surface area contributed by atoms with Crippen LogP contribution in [0.25, 0.3) is 11.1 Å². The van der Waals surface area contributed by atoms with Crippen molar-refractivity contribution in [3.63, 3.8) is 0 Å². The van der Waals surface area contributed by atoms with Crippen molar-refractivity contribution in [2.45, 2.75) is 33.3 Å². The van der Waals surface area contributed by atoms with Gasteiger partial charge in [0, 0.05) is 5.56 Å². The van der Waals surface area contributed by atoms with Gasteiger partial charge in [-0.3, -0.25) is 4.79 Å². The molecule has 2 aromatic rings. The Morgan fingerprint density at radius 2 is 1.50 bits per heavy atom. The van der Waals surface area contributed by atoms with Gasteiger partial charge in [-0.15, -0.1) is 0 Å². The number of Topliss-reactive ketones (excluding diaryl/α,β-unsaturated/α-hetero) is 1. The average Bonchev–Trinajstić information content (AvgIpc) is 2.48. The summed E-state index contributed by atoms with van der Waals surface area (Å²) in [4.78, 5) is 11.3. The van der Waals surface area contributed by atoms with Crippen LogP contribution >= 0.6 is 0 Å². The summed E-state index contributed by atoms with van der Waals surface area (Å²) < 4.78 is 5.76. The molecule has 0 N–H and O–H groups in total. The molecule has 0 saturated heterocycles. The van der Waals surface area contributed by atoms with Crippen LogP contribution in [-0.4, -0.2) is 11.9 Å². The lowest BCUT2D eigenvalue weighted by molar-refractivity contribution is 0.101. The van der Waals surface area contributed by atoms with Gasteiger partial charge >= 0.3 is 0 Å². The molecule has 2 heteroatoms. The summed E-state index contributed by atoms with van der Waals surface area (Å²) in [7, 11) is 0. The van der Waals surface area contributed by atoms with E-state index in [9.17, 15) is 4.79 Å². The van der Waals surface area contributed by atoms with Gasteiger partial charge in [-0.1, -0.05) is 43.3 Å². The molecule has 0 aliphatic carbocycles. The highest BCUT2D eigenvalue weighted by atomic mass is 16.5. The van der Waals surface area contributed by atoms with E-state index in [1.54, 1.807) is 6.92 Å². The van der Waals surface area contributed by atoms with Gasteiger partial charge in [-0.05, 0) is 43.5 Å². The second-order valence-electron chi connectivity index (χ2n) is 4.99. The molecule has 0 spiro atoms. The lowest BCUT2D eigenvalue weighted by Gasteiger charge is -2.12. The molecule has 1 unspecified atom stereocenters. The Morgan fingerprint density at radius 3 is 1.95 bits per heavy atom. The average molecular weight is 268 g/mol. The topological polar surface area (TPSA) is 26.3 Å². The normalized spacial score (nSPS) is 11.9. The molecule has 20 heavy (non-hydrogen) atoms. The summed E-state index contributed by atoms with van der Waals surface area (Å²) in [5.41, 5.74) is 2.96. The molecular weight excluding hydrogens is 248 g/mol. The predicted molar refractivity (Wildman–Crippen MR) is 82.3 cm³/mol. The molecule has 0 aromatic heterocycles. The molecule has 0 fully saturated rings. The number of benzene rings is 2. The van der Waals surface area contributed by atoms with Crippen LogP contribution in [0.2, 0.25) is 0 Å². The first kappa shape index (κ1) is 14.3. The maximum Gasteiger partial charge on any atom is 0.159 e. The second kappa shape index (κ2) is 6.38. The van der Waals surface area contributed by atoms with Crippen molar-refractivity contribution < 1.29 is 9.53 Å². The minimum absolute atomic E-state index is 0.0915. The first-order valence-electron chi connectivity index (χ1n) is 6.98. The highest BCUT2D eigenvalue weighted by molar-refractivity contribution is 5.94. The smallest absolute Gasteiger partial charge is 0.159 e. The van der Waals surface area contributed by atoms with E-state index in [1.165, 1.54) is 0 Å². The van der Waals surface area contributed by atoms with Crippen LogP contribution in [-0.2, 0) is 0 Å². The van der Waals surface area contributed by atoms with E-state index >= 15 is 0 Å². The molecule has 0 saturated carbocycles. The summed E-state index contributed by atoms with van der Waals surface area (Å²) in [6.07, 6.45) is 1.23. The van der Waals surface area contributed by atoms with E-state index < -0.39 is 0 Å². The van der Waals surface area contributed by atoms with Gasteiger partial charge in [0.05, 0.1) is 6.10 Å². The summed E-state index contributed by atoms with van der Waals surface area (Å²) in [5.74, 6) is 0.984. The highest BCUT2D eigenvalue weighted by Gasteiger charge is 2.03. The van der Waals surface area contributed by atoms with Crippen LogP contribution in [0.15, 0.2) is 48.5 Å². The van der Waals surface area contributed by atoms with Crippen LogP contribution in [0.4, 0.5) is 0 Å². The maximum absolute atomic E-state index is 11.3. The highest BCUT2D eigenvalue weighted by Crippen LogP contribution is 2.23. The number of ether oxygens (including phenoxy) is 1. The zero-order valence-electron chi connectivity index (χ0n) is 12.2. The van der Waals surface area contributed by atoms with Crippen molar-refractivity contribution in [3.05, 3.63) is 54.1 Å². The first-order valence-corrected chi connectivity index (χ1v) is 6.98. The fourth-order valence-corrected chi connectivity index (χ4v) is 1.94. The fraction of sp³-hybridized carbons (Fsp3) is 0.278. The Kier molecular flexibility index (Phi) is 4.57. The van der Waals surface area contributed by atoms with E-state index in [2.05, 4.69) is 13.8 Å². The van der Waals surface area contributed by atoms with Gasteiger partial charge in [0.25, 0.3) is 0 Å². The number of hydrogen-bond donors (Lipinski definition) is 0. The lowest BCUT2D eigenvalue weighted by atomic mass is 10.0. The third-order valence-corrected chi connectivity index (χ3v) is 3.39. The zero-order chi connectivity index (χ0) is 14.5. The van der Waals surface area contributed by atoms with Gasteiger partial charge in [0.2, 0.25) is 0 Å². The van der Waals surface area contributed by atoms with Crippen LogP contribution in [0.1, 0.15) is 37.6 Å². The minimum atomic E-state index is 0.0915. The van der Waals surface area contributed by atoms with E-state index in [-0.39, 0.29) is 11.9 Å². The summed E-state index contributed by atoms with van der Waals surface area (Å²) in [5, 5.41) is 0. The summed E-state index contributed by atoms with van der Waals surface area (Å²) in [6.45, 7) is 5.75. The molecule has 0 bridgehead atoms. The number of carbonyl (C=O) groups excluding carboxylic acids is 1. The molecule has 1 atom stereocenters. The monoisotopic (exact) mass is 268 g/mol. The number of carbonyl (C=O) groups is 1. The lowest BCUT2D eigenvalue weighted by Crippen LogP contribution is -2.09. The quantitative estimate of drug-likeness (QED) is 0.732. The van der Waals surface area contributed by atoms with E-state index in [1.807, 2.05) is 48.5 Å². The SMILES string of the molecule is CCC(C)Oc1ccc(-c2ccc(C(C)=O)cc2)cc1. The zero-order valence-corrected chi connectivity index (χ0v) is 12.2. The van der Waals surface area contributed by atoms with Gasteiger partial charge < -0.3 is 4.74 Å².